The Hall–Kier alpha value is -1.14. The minimum Gasteiger partial charge on any atom is -0.357 e. The third-order valence-corrected chi connectivity index (χ3v) is 4.01. The molecule has 2 aromatic rings. The first kappa shape index (κ1) is 14.3. The molecule has 0 amide bonds. The van der Waals surface area contributed by atoms with E-state index in [0.717, 1.165) is 21.3 Å². The smallest absolute Gasteiger partial charge is 0.224 e. The summed E-state index contributed by atoms with van der Waals surface area (Å²) in [5.41, 5.74) is 1.21. The van der Waals surface area contributed by atoms with E-state index in [2.05, 4.69) is 58.1 Å². The first-order valence-electron chi connectivity index (χ1n) is 5.76. The second-order valence-electron chi connectivity index (χ2n) is 4.06. The molecule has 0 fully saturated rings. The van der Waals surface area contributed by atoms with Crippen molar-refractivity contribution in [1.82, 2.24) is 9.97 Å². The largest absolute Gasteiger partial charge is 0.357 e. The number of benzene rings is 1. The van der Waals surface area contributed by atoms with Crippen molar-refractivity contribution in [3.05, 3.63) is 45.0 Å². The van der Waals surface area contributed by atoms with Gasteiger partial charge in [0.1, 0.15) is 5.82 Å². The van der Waals surface area contributed by atoms with Crippen LogP contribution < -0.4 is 10.2 Å². The Kier molecular flexibility index (Phi) is 4.76. The molecule has 0 radical (unpaired) electrons. The normalized spacial score (nSPS) is 10.3. The number of anilines is 2. The lowest BCUT2D eigenvalue weighted by Crippen LogP contribution is -2.19. The van der Waals surface area contributed by atoms with Gasteiger partial charge in [-0.15, -0.1) is 0 Å². The molecule has 6 heteroatoms. The van der Waals surface area contributed by atoms with E-state index >= 15 is 0 Å². The van der Waals surface area contributed by atoms with Crippen LogP contribution in [0.2, 0.25) is 0 Å². The molecular formula is C13H14Br2N4. The Labute approximate surface area is 129 Å². The molecule has 100 valence electrons. The minimum absolute atomic E-state index is 0.608. The van der Waals surface area contributed by atoms with Crippen molar-refractivity contribution < 1.29 is 0 Å². The second-order valence-corrected chi connectivity index (χ2v) is 5.77. The molecule has 0 aliphatic carbocycles. The SMILES string of the molecule is CNc1ncc(Br)c(N(C)Cc2ccccc2Br)n1. The van der Waals surface area contributed by atoms with E-state index in [1.807, 2.05) is 25.2 Å². The van der Waals surface area contributed by atoms with Gasteiger partial charge in [-0.1, -0.05) is 34.1 Å². The van der Waals surface area contributed by atoms with Crippen molar-refractivity contribution in [1.29, 1.82) is 0 Å². The number of hydrogen-bond donors (Lipinski definition) is 1. The number of halogens is 2. The van der Waals surface area contributed by atoms with Crippen LogP contribution in [0, 0.1) is 0 Å². The molecule has 1 heterocycles. The van der Waals surface area contributed by atoms with Gasteiger partial charge in [0.25, 0.3) is 0 Å². The summed E-state index contributed by atoms with van der Waals surface area (Å²) in [5.74, 6) is 1.47. The maximum Gasteiger partial charge on any atom is 0.224 e. The third-order valence-electron chi connectivity index (χ3n) is 2.68. The lowest BCUT2D eigenvalue weighted by Gasteiger charge is -2.20. The standard InChI is InChI=1S/C13H14Br2N4/c1-16-13-17-7-11(15)12(18-13)19(2)8-9-5-3-4-6-10(9)14/h3-7H,8H2,1-2H3,(H,16,17,18). The van der Waals surface area contributed by atoms with Gasteiger partial charge < -0.3 is 10.2 Å². The van der Waals surface area contributed by atoms with Crippen molar-refractivity contribution in [3.8, 4) is 0 Å². The quantitative estimate of drug-likeness (QED) is 0.871. The summed E-state index contributed by atoms with van der Waals surface area (Å²) in [6, 6.07) is 8.17. The summed E-state index contributed by atoms with van der Waals surface area (Å²) in [7, 11) is 3.81. The number of nitrogens with one attached hydrogen (secondary N) is 1. The minimum atomic E-state index is 0.608. The molecule has 0 aliphatic heterocycles. The van der Waals surface area contributed by atoms with E-state index in [9.17, 15) is 0 Å². The molecule has 0 atom stereocenters. The molecule has 1 N–H and O–H groups in total. The van der Waals surface area contributed by atoms with Crippen LogP contribution in [-0.2, 0) is 6.54 Å². The van der Waals surface area contributed by atoms with Crippen LogP contribution in [0.5, 0.6) is 0 Å². The summed E-state index contributed by atoms with van der Waals surface area (Å²) in [4.78, 5) is 10.7. The number of aromatic nitrogens is 2. The van der Waals surface area contributed by atoms with Crippen LogP contribution >= 0.6 is 31.9 Å². The van der Waals surface area contributed by atoms with Crippen LogP contribution in [-0.4, -0.2) is 24.1 Å². The van der Waals surface area contributed by atoms with E-state index in [0.29, 0.717) is 5.95 Å². The predicted molar refractivity (Wildman–Crippen MR) is 85.5 cm³/mol. The molecule has 0 spiro atoms. The summed E-state index contributed by atoms with van der Waals surface area (Å²) >= 11 is 7.05. The average Bonchev–Trinajstić information content (AvgIpc) is 2.42. The maximum atomic E-state index is 4.46. The number of hydrogen-bond acceptors (Lipinski definition) is 4. The maximum absolute atomic E-state index is 4.46. The highest BCUT2D eigenvalue weighted by Crippen LogP contribution is 2.26. The van der Waals surface area contributed by atoms with Crippen molar-refractivity contribution in [2.45, 2.75) is 6.54 Å². The monoisotopic (exact) mass is 384 g/mol. The van der Waals surface area contributed by atoms with Crippen molar-refractivity contribution >= 4 is 43.6 Å². The van der Waals surface area contributed by atoms with E-state index < -0.39 is 0 Å². The molecule has 0 saturated heterocycles. The van der Waals surface area contributed by atoms with Crippen molar-refractivity contribution in [2.24, 2.45) is 0 Å². The van der Waals surface area contributed by atoms with Crippen LogP contribution in [0.4, 0.5) is 11.8 Å². The van der Waals surface area contributed by atoms with Gasteiger partial charge in [-0.25, -0.2) is 4.98 Å². The first-order valence-corrected chi connectivity index (χ1v) is 7.35. The van der Waals surface area contributed by atoms with Crippen LogP contribution in [0.1, 0.15) is 5.56 Å². The van der Waals surface area contributed by atoms with E-state index in [-0.39, 0.29) is 0 Å². The van der Waals surface area contributed by atoms with Crippen LogP contribution in [0.3, 0.4) is 0 Å². The summed E-state index contributed by atoms with van der Waals surface area (Å²) in [6.07, 6.45) is 1.75. The molecule has 0 aliphatic rings. The Balaban J connectivity index is 2.25. The molecule has 1 aromatic carbocycles. The lowest BCUT2D eigenvalue weighted by atomic mass is 10.2. The highest BCUT2D eigenvalue weighted by molar-refractivity contribution is 9.10. The fourth-order valence-electron chi connectivity index (χ4n) is 1.70. The van der Waals surface area contributed by atoms with Crippen LogP contribution in [0.25, 0.3) is 0 Å². The number of rotatable bonds is 4. The summed E-state index contributed by atoms with van der Waals surface area (Å²) in [6.45, 7) is 0.764. The van der Waals surface area contributed by atoms with E-state index in [1.54, 1.807) is 13.2 Å². The first-order chi connectivity index (χ1) is 9.11. The molecule has 2 rings (SSSR count). The highest BCUT2D eigenvalue weighted by atomic mass is 79.9. The Morgan fingerprint density at radius 3 is 2.63 bits per heavy atom. The molecular weight excluding hydrogens is 372 g/mol. The zero-order valence-corrected chi connectivity index (χ0v) is 13.9. The third kappa shape index (κ3) is 3.45. The summed E-state index contributed by atoms with van der Waals surface area (Å²) < 4.78 is 1.97. The Bertz CT molecular complexity index is 574. The van der Waals surface area contributed by atoms with Crippen molar-refractivity contribution in [3.63, 3.8) is 0 Å². The molecule has 1 aromatic heterocycles. The van der Waals surface area contributed by atoms with Gasteiger partial charge in [-0.05, 0) is 27.6 Å². The van der Waals surface area contributed by atoms with Gasteiger partial charge in [0.2, 0.25) is 5.95 Å². The highest BCUT2D eigenvalue weighted by Gasteiger charge is 2.11. The van der Waals surface area contributed by atoms with Gasteiger partial charge in [-0.3, -0.25) is 0 Å². The zero-order valence-electron chi connectivity index (χ0n) is 10.7. The molecule has 0 unspecified atom stereocenters. The zero-order chi connectivity index (χ0) is 13.8. The average molecular weight is 386 g/mol. The van der Waals surface area contributed by atoms with Crippen LogP contribution in [0.15, 0.2) is 39.4 Å². The van der Waals surface area contributed by atoms with Gasteiger partial charge in [0, 0.05) is 31.3 Å². The fraction of sp³-hybridized carbons (Fsp3) is 0.231. The lowest BCUT2D eigenvalue weighted by molar-refractivity contribution is 0.884. The van der Waals surface area contributed by atoms with Gasteiger partial charge in [-0.2, -0.15) is 4.98 Å². The topological polar surface area (TPSA) is 41.1 Å². The van der Waals surface area contributed by atoms with Gasteiger partial charge in [0.15, 0.2) is 0 Å². The van der Waals surface area contributed by atoms with E-state index in [4.69, 9.17) is 0 Å². The molecule has 4 nitrogen and oxygen atoms in total. The second kappa shape index (κ2) is 6.34. The predicted octanol–water partition coefficient (Wildman–Crippen LogP) is 3.68. The Morgan fingerprint density at radius 1 is 1.21 bits per heavy atom. The molecule has 19 heavy (non-hydrogen) atoms. The molecule has 0 bridgehead atoms. The molecule has 0 saturated carbocycles. The summed E-state index contributed by atoms with van der Waals surface area (Å²) in [5, 5.41) is 2.95. The fourth-order valence-corrected chi connectivity index (χ4v) is 2.61. The van der Waals surface area contributed by atoms with Gasteiger partial charge >= 0.3 is 0 Å². The van der Waals surface area contributed by atoms with E-state index in [1.165, 1.54) is 5.56 Å². The number of nitrogens with zero attached hydrogens (tertiary/aromatic N) is 3. The Morgan fingerprint density at radius 2 is 1.95 bits per heavy atom. The van der Waals surface area contributed by atoms with Gasteiger partial charge in [0.05, 0.1) is 4.47 Å². The van der Waals surface area contributed by atoms with Crippen molar-refractivity contribution in [2.75, 3.05) is 24.3 Å².